The number of ether oxygens (including phenoxy) is 1. The van der Waals surface area contributed by atoms with Gasteiger partial charge in [0.25, 0.3) is 5.91 Å². The number of nitrogen functional groups attached to an aromatic ring is 1. The Kier molecular flexibility index (Phi) is 7.26. The van der Waals surface area contributed by atoms with E-state index in [9.17, 15) is 22.8 Å². The van der Waals surface area contributed by atoms with E-state index in [-0.39, 0.29) is 22.1 Å². The van der Waals surface area contributed by atoms with Gasteiger partial charge in [-0.05, 0) is 42.5 Å². The summed E-state index contributed by atoms with van der Waals surface area (Å²) < 4.78 is 43.8. The topological polar surface area (TPSA) is 106 Å². The number of methoxy groups -OCH3 is 1. The number of nitrogens with two attached hydrogens (primary N) is 1. The standard InChI is InChI=1S/C20H17F3N4O3S2/c1-30-14-7-5-12(6-8-14)26-18(29)16-17(24)27-19(32-16)31-10-15(28)25-13-4-2-3-11(9-13)20(21,22)23/h2-9H,10,24H2,1H3,(H,25,28)(H,26,29). The molecule has 0 aliphatic heterocycles. The molecule has 0 radical (unpaired) electrons. The van der Waals surface area contributed by atoms with E-state index in [1.807, 2.05) is 0 Å². The van der Waals surface area contributed by atoms with Gasteiger partial charge in [-0.25, -0.2) is 4.98 Å². The Morgan fingerprint density at radius 1 is 1.12 bits per heavy atom. The van der Waals surface area contributed by atoms with Crippen molar-refractivity contribution in [2.24, 2.45) is 0 Å². The molecule has 12 heteroatoms. The Balaban J connectivity index is 1.57. The zero-order valence-corrected chi connectivity index (χ0v) is 18.2. The molecule has 0 saturated heterocycles. The van der Waals surface area contributed by atoms with Crippen molar-refractivity contribution in [2.45, 2.75) is 10.5 Å². The van der Waals surface area contributed by atoms with Crippen LogP contribution in [0.5, 0.6) is 5.75 Å². The van der Waals surface area contributed by atoms with Gasteiger partial charge in [-0.1, -0.05) is 17.8 Å². The van der Waals surface area contributed by atoms with Crippen molar-refractivity contribution in [3.05, 3.63) is 59.0 Å². The lowest BCUT2D eigenvalue weighted by Crippen LogP contribution is -2.15. The number of carbonyl (C=O) groups is 2. The molecule has 1 aromatic heterocycles. The van der Waals surface area contributed by atoms with Gasteiger partial charge in [0.15, 0.2) is 4.34 Å². The molecule has 3 rings (SSSR count). The molecule has 0 fully saturated rings. The number of halogens is 3. The van der Waals surface area contributed by atoms with E-state index in [1.165, 1.54) is 19.2 Å². The first-order valence-electron chi connectivity index (χ1n) is 8.97. The van der Waals surface area contributed by atoms with E-state index in [0.717, 1.165) is 35.2 Å². The number of nitrogens with zero attached hydrogens (tertiary/aromatic N) is 1. The third kappa shape index (κ3) is 6.14. The van der Waals surface area contributed by atoms with Gasteiger partial charge in [0, 0.05) is 11.4 Å². The van der Waals surface area contributed by atoms with Gasteiger partial charge in [-0.2, -0.15) is 13.2 Å². The largest absolute Gasteiger partial charge is 0.497 e. The van der Waals surface area contributed by atoms with Crippen molar-refractivity contribution >= 4 is 52.1 Å². The number of hydrogen-bond acceptors (Lipinski definition) is 7. The van der Waals surface area contributed by atoms with Gasteiger partial charge in [0.05, 0.1) is 18.4 Å². The molecular weight excluding hydrogens is 465 g/mol. The molecule has 32 heavy (non-hydrogen) atoms. The lowest BCUT2D eigenvalue weighted by atomic mass is 10.2. The van der Waals surface area contributed by atoms with E-state index in [0.29, 0.717) is 15.8 Å². The van der Waals surface area contributed by atoms with Crippen molar-refractivity contribution in [3.8, 4) is 5.75 Å². The lowest BCUT2D eigenvalue weighted by molar-refractivity contribution is -0.137. The van der Waals surface area contributed by atoms with Crippen LogP contribution in [0.25, 0.3) is 0 Å². The summed E-state index contributed by atoms with van der Waals surface area (Å²) in [6.45, 7) is 0. The molecule has 4 N–H and O–H groups in total. The number of thiazole rings is 1. The molecule has 7 nitrogen and oxygen atoms in total. The van der Waals surface area contributed by atoms with Gasteiger partial charge in [-0.15, -0.1) is 11.3 Å². The first kappa shape index (κ1) is 23.4. The molecule has 0 spiro atoms. The minimum absolute atomic E-state index is 0.0156. The molecule has 0 atom stereocenters. The van der Waals surface area contributed by atoms with Crippen LogP contribution in [-0.2, 0) is 11.0 Å². The maximum absolute atomic E-state index is 12.8. The summed E-state index contributed by atoms with van der Waals surface area (Å²) >= 11 is 2.03. The highest BCUT2D eigenvalue weighted by Gasteiger charge is 2.30. The number of carbonyl (C=O) groups excluding carboxylic acids is 2. The molecule has 168 valence electrons. The average Bonchev–Trinajstić information content (AvgIpc) is 3.13. The number of thioether (sulfide) groups is 1. The summed E-state index contributed by atoms with van der Waals surface area (Å²) in [5, 5.41) is 5.10. The van der Waals surface area contributed by atoms with Crippen LogP contribution in [0.4, 0.5) is 30.4 Å². The van der Waals surface area contributed by atoms with Crippen LogP contribution in [0.1, 0.15) is 15.2 Å². The Hall–Kier alpha value is -3.25. The van der Waals surface area contributed by atoms with E-state index < -0.39 is 23.6 Å². The van der Waals surface area contributed by atoms with Crippen molar-refractivity contribution < 1.29 is 27.5 Å². The molecule has 1 heterocycles. The predicted octanol–water partition coefficient (Wildman–Crippen LogP) is 4.74. The maximum atomic E-state index is 12.8. The average molecular weight is 483 g/mol. The third-order valence-electron chi connectivity index (χ3n) is 3.99. The van der Waals surface area contributed by atoms with Crippen LogP contribution in [0.2, 0.25) is 0 Å². The van der Waals surface area contributed by atoms with Gasteiger partial charge >= 0.3 is 6.18 Å². The molecule has 0 saturated carbocycles. The molecule has 2 aromatic carbocycles. The SMILES string of the molecule is COc1ccc(NC(=O)c2sc(SCC(=O)Nc3cccc(C(F)(F)F)c3)nc2N)cc1. The Morgan fingerprint density at radius 2 is 1.84 bits per heavy atom. The minimum Gasteiger partial charge on any atom is -0.497 e. The van der Waals surface area contributed by atoms with E-state index in [1.54, 1.807) is 24.3 Å². The van der Waals surface area contributed by atoms with Crippen LogP contribution in [0, 0.1) is 0 Å². The number of hydrogen-bond donors (Lipinski definition) is 3. The third-order valence-corrected chi connectivity index (χ3v) is 6.20. The first-order valence-corrected chi connectivity index (χ1v) is 10.8. The summed E-state index contributed by atoms with van der Waals surface area (Å²) in [5.41, 5.74) is 5.54. The fourth-order valence-corrected chi connectivity index (χ4v) is 4.26. The summed E-state index contributed by atoms with van der Waals surface area (Å²) in [6.07, 6.45) is -4.50. The molecule has 0 unspecified atom stereocenters. The highest BCUT2D eigenvalue weighted by atomic mass is 32.2. The Morgan fingerprint density at radius 3 is 2.50 bits per heavy atom. The van der Waals surface area contributed by atoms with Crippen molar-refractivity contribution in [2.75, 3.05) is 29.2 Å². The smallest absolute Gasteiger partial charge is 0.416 e. The first-order chi connectivity index (χ1) is 15.2. The fraction of sp³-hybridized carbons (Fsp3) is 0.150. The van der Waals surface area contributed by atoms with Gasteiger partial charge in [0.2, 0.25) is 5.91 Å². The van der Waals surface area contributed by atoms with Crippen LogP contribution in [0.15, 0.2) is 52.9 Å². The number of alkyl halides is 3. The van der Waals surface area contributed by atoms with Crippen LogP contribution in [-0.4, -0.2) is 29.7 Å². The van der Waals surface area contributed by atoms with E-state index in [2.05, 4.69) is 15.6 Å². The normalized spacial score (nSPS) is 11.1. The second-order valence-electron chi connectivity index (χ2n) is 6.29. The Labute approximate surface area is 189 Å². The second kappa shape index (κ2) is 9.92. The van der Waals surface area contributed by atoms with Crippen LogP contribution in [0.3, 0.4) is 0 Å². The summed E-state index contributed by atoms with van der Waals surface area (Å²) in [5.74, 6) is -0.440. The molecule has 0 aliphatic rings. The monoisotopic (exact) mass is 482 g/mol. The zero-order chi connectivity index (χ0) is 23.3. The van der Waals surface area contributed by atoms with E-state index in [4.69, 9.17) is 10.5 Å². The van der Waals surface area contributed by atoms with Gasteiger partial charge in [-0.3, -0.25) is 9.59 Å². The minimum atomic E-state index is -4.50. The van der Waals surface area contributed by atoms with Gasteiger partial charge in [0.1, 0.15) is 16.4 Å². The molecule has 2 amide bonds. The molecular formula is C20H17F3N4O3S2. The van der Waals surface area contributed by atoms with Crippen LogP contribution >= 0.6 is 23.1 Å². The molecule has 0 aliphatic carbocycles. The van der Waals surface area contributed by atoms with Crippen LogP contribution < -0.4 is 21.1 Å². The molecule has 0 bridgehead atoms. The Bertz CT molecular complexity index is 1120. The van der Waals surface area contributed by atoms with E-state index >= 15 is 0 Å². The molecule has 3 aromatic rings. The van der Waals surface area contributed by atoms with Crippen molar-refractivity contribution in [3.63, 3.8) is 0 Å². The van der Waals surface area contributed by atoms with Crippen molar-refractivity contribution in [1.29, 1.82) is 0 Å². The van der Waals surface area contributed by atoms with Gasteiger partial charge < -0.3 is 21.1 Å². The fourth-order valence-electron chi connectivity index (χ4n) is 2.50. The summed E-state index contributed by atoms with van der Waals surface area (Å²) in [7, 11) is 1.53. The number of amides is 2. The lowest BCUT2D eigenvalue weighted by Gasteiger charge is -2.09. The number of nitrogens with one attached hydrogen (secondary N) is 2. The maximum Gasteiger partial charge on any atom is 0.416 e. The predicted molar refractivity (Wildman–Crippen MR) is 118 cm³/mol. The quantitative estimate of drug-likeness (QED) is 0.420. The highest BCUT2D eigenvalue weighted by molar-refractivity contribution is 8.01. The number of rotatable bonds is 7. The van der Waals surface area contributed by atoms with Crippen molar-refractivity contribution in [1.82, 2.24) is 4.98 Å². The summed E-state index contributed by atoms with van der Waals surface area (Å²) in [6, 6.07) is 11.1. The summed E-state index contributed by atoms with van der Waals surface area (Å²) in [4.78, 5) is 28.8. The zero-order valence-electron chi connectivity index (χ0n) is 16.5. The number of aromatic nitrogens is 1. The second-order valence-corrected chi connectivity index (χ2v) is 8.51. The number of anilines is 3. The number of benzene rings is 2. The highest BCUT2D eigenvalue weighted by Crippen LogP contribution is 2.32.